The third-order valence-corrected chi connectivity index (χ3v) is 3.60. The summed E-state index contributed by atoms with van der Waals surface area (Å²) in [6.07, 6.45) is 4.68. The van der Waals surface area contributed by atoms with Gasteiger partial charge in [-0.2, -0.15) is 0 Å². The highest BCUT2D eigenvalue weighted by atomic mass is 35.5. The molecule has 1 heterocycles. The first kappa shape index (κ1) is 14.2. The van der Waals surface area contributed by atoms with Crippen molar-refractivity contribution < 1.29 is 4.42 Å². The van der Waals surface area contributed by atoms with Crippen LogP contribution in [0.5, 0.6) is 0 Å². The maximum Gasteiger partial charge on any atom is 0.103 e. The van der Waals surface area contributed by atoms with Crippen LogP contribution in [0, 0.1) is 0 Å². The molecule has 2 nitrogen and oxygen atoms in total. The Morgan fingerprint density at radius 1 is 1.21 bits per heavy atom. The fraction of sp³-hybridized carbons (Fsp3) is 0.375. The molecule has 0 radical (unpaired) electrons. The molecule has 0 saturated carbocycles. The van der Waals surface area contributed by atoms with Gasteiger partial charge in [0.25, 0.3) is 0 Å². The zero-order valence-electron chi connectivity index (χ0n) is 11.2. The minimum absolute atomic E-state index is 0.426. The van der Waals surface area contributed by atoms with Crippen LogP contribution in [0.2, 0.25) is 5.02 Å². The SMILES string of the molecule is CCNC(CCc1ccco1)Cc1ccccc1Cl. The fourth-order valence-electron chi connectivity index (χ4n) is 2.27. The fourth-order valence-corrected chi connectivity index (χ4v) is 2.48. The number of hydrogen-bond donors (Lipinski definition) is 1. The number of hydrogen-bond acceptors (Lipinski definition) is 2. The van der Waals surface area contributed by atoms with Crippen LogP contribution in [0.4, 0.5) is 0 Å². The molecule has 102 valence electrons. The first-order chi connectivity index (χ1) is 9.29. The molecule has 1 atom stereocenters. The van der Waals surface area contributed by atoms with Gasteiger partial charge in [-0.3, -0.25) is 0 Å². The summed E-state index contributed by atoms with van der Waals surface area (Å²) < 4.78 is 5.38. The summed E-state index contributed by atoms with van der Waals surface area (Å²) >= 11 is 6.22. The monoisotopic (exact) mass is 277 g/mol. The summed E-state index contributed by atoms with van der Waals surface area (Å²) in [5.74, 6) is 1.04. The number of aryl methyl sites for hydroxylation is 1. The number of benzene rings is 1. The third-order valence-electron chi connectivity index (χ3n) is 3.24. The van der Waals surface area contributed by atoms with Crippen LogP contribution in [0.3, 0.4) is 0 Å². The van der Waals surface area contributed by atoms with Crippen LogP contribution in [-0.4, -0.2) is 12.6 Å². The van der Waals surface area contributed by atoms with Crippen molar-refractivity contribution in [2.75, 3.05) is 6.54 Å². The minimum atomic E-state index is 0.426. The lowest BCUT2D eigenvalue weighted by Gasteiger charge is -2.18. The van der Waals surface area contributed by atoms with Gasteiger partial charge in [-0.1, -0.05) is 36.7 Å². The standard InChI is InChI=1S/C16H20ClNO/c1-2-18-14(9-10-15-7-5-11-19-15)12-13-6-3-4-8-16(13)17/h3-8,11,14,18H,2,9-10,12H2,1H3. The summed E-state index contributed by atoms with van der Waals surface area (Å²) in [7, 11) is 0. The van der Waals surface area contributed by atoms with Crippen molar-refractivity contribution >= 4 is 11.6 Å². The van der Waals surface area contributed by atoms with Gasteiger partial charge in [0, 0.05) is 17.5 Å². The van der Waals surface area contributed by atoms with Crippen molar-refractivity contribution in [3.05, 3.63) is 59.0 Å². The first-order valence-electron chi connectivity index (χ1n) is 6.78. The molecule has 0 aliphatic rings. The summed E-state index contributed by atoms with van der Waals surface area (Å²) in [4.78, 5) is 0. The molecular weight excluding hydrogens is 258 g/mol. The first-order valence-corrected chi connectivity index (χ1v) is 7.16. The number of rotatable bonds is 7. The van der Waals surface area contributed by atoms with Crippen LogP contribution in [0.15, 0.2) is 47.1 Å². The average Bonchev–Trinajstić information content (AvgIpc) is 2.92. The molecule has 19 heavy (non-hydrogen) atoms. The third kappa shape index (κ3) is 4.41. The predicted molar refractivity (Wildman–Crippen MR) is 79.6 cm³/mol. The molecule has 0 fully saturated rings. The summed E-state index contributed by atoms with van der Waals surface area (Å²) in [5.41, 5.74) is 1.20. The average molecular weight is 278 g/mol. The van der Waals surface area contributed by atoms with Gasteiger partial charge in [0.15, 0.2) is 0 Å². The summed E-state index contributed by atoms with van der Waals surface area (Å²) in [5, 5.41) is 4.37. The largest absolute Gasteiger partial charge is 0.469 e. The van der Waals surface area contributed by atoms with Crippen LogP contribution in [-0.2, 0) is 12.8 Å². The lowest BCUT2D eigenvalue weighted by molar-refractivity contribution is 0.448. The van der Waals surface area contributed by atoms with Gasteiger partial charge in [0.05, 0.1) is 6.26 Å². The van der Waals surface area contributed by atoms with E-state index in [0.29, 0.717) is 6.04 Å². The second-order valence-electron chi connectivity index (χ2n) is 4.67. The van der Waals surface area contributed by atoms with Crippen molar-refractivity contribution in [2.24, 2.45) is 0 Å². The Labute approximate surface area is 119 Å². The number of furan rings is 1. The zero-order valence-corrected chi connectivity index (χ0v) is 12.0. The number of likely N-dealkylation sites (N-methyl/N-ethyl adjacent to an activating group) is 1. The molecule has 0 saturated heterocycles. The van der Waals surface area contributed by atoms with E-state index in [9.17, 15) is 0 Å². The van der Waals surface area contributed by atoms with Crippen molar-refractivity contribution in [3.63, 3.8) is 0 Å². The highest BCUT2D eigenvalue weighted by Gasteiger charge is 2.11. The van der Waals surface area contributed by atoms with E-state index in [2.05, 4.69) is 18.3 Å². The number of halogens is 1. The smallest absolute Gasteiger partial charge is 0.103 e. The molecule has 0 spiro atoms. The van der Waals surface area contributed by atoms with Crippen molar-refractivity contribution in [1.82, 2.24) is 5.32 Å². The topological polar surface area (TPSA) is 25.2 Å². The Morgan fingerprint density at radius 2 is 2.05 bits per heavy atom. The molecule has 2 aromatic rings. The molecule has 0 bridgehead atoms. The van der Waals surface area contributed by atoms with E-state index >= 15 is 0 Å². The highest BCUT2D eigenvalue weighted by molar-refractivity contribution is 6.31. The normalized spacial score (nSPS) is 12.5. The Morgan fingerprint density at radius 3 is 2.74 bits per heavy atom. The lowest BCUT2D eigenvalue weighted by Crippen LogP contribution is -2.31. The van der Waals surface area contributed by atoms with E-state index < -0.39 is 0 Å². The lowest BCUT2D eigenvalue weighted by atomic mass is 10.0. The second-order valence-corrected chi connectivity index (χ2v) is 5.08. The minimum Gasteiger partial charge on any atom is -0.469 e. The van der Waals surface area contributed by atoms with Crippen LogP contribution < -0.4 is 5.32 Å². The molecule has 1 aromatic heterocycles. The van der Waals surface area contributed by atoms with Crippen molar-refractivity contribution in [1.29, 1.82) is 0 Å². The van der Waals surface area contributed by atoms with Gasteiger partial charge in [0.1, 0.15) is 5.76 Å². The van der Waals surface area contributed by atoms with E-state index in [4.69, 9.17) is 16.0 Å². The Balaban J connectivity index is 1.94. The molecule has 0 aliphatic carbocycles. The van der Waals surface area contributed by atoms with Crippen molar-refractivity contribution in [2.45, 2.75) is 32.2 Å². The molecular formula is C16H20ClNO. The Hall–Kier alpha value is -1.25. The maximum atomic E-state index is 6.22. The van der Waals surface area contributed by atoms with E-state index in [1.807, 2.05) is 30.3 Å². The van der Waals surface area contributed by atoms with Crippen LogP contribution in [0.1, 0.15) is 24.7 Å². The molecule has 3 heteroatoms. The van der Waals surface area contributed by atoms with E-state index in [-0.39, 0.29) is 0 Å². The Kier molecular flexibility index (Phi) is 5.49. The van der Waals surface area contributed by atoms with Gasteiger partial charge in [-0.25, -0.2) is 0 Å². The molecule has 0 aliphatic heterocycles. The molecule has 1 aromatic carbocycles. The van der Waals surface area contributed by atoms with E-state index in [1.54, 1.807) is 6.26 Å². The van der Waals surface area contributed by atoms with Crippen molar-refractivity contribution in [3.8, 4) is 0 Å². The number of nitrogens with one attached hydrogen (secondary N) is 1. The summed E-state index contributed by atoms with van der Waals surface area (Å²) in [6.45, 7) is 3.10. The van der Waals surface area contributed by atoms with Gasteiger partial charge in [-0.15, -0.1) is 0 Å². The van der Waals surface area contributed by atoms with Gasteiger partial charge in [0.2, 0.25) is 0 Å². The van der Waals surface area contributed by atoms with Gasteiger partial charge < -0.3 is 9.73 Å². The Bertz CT molecular complexity index is 481. The van der Waals surface area contributed by atoms with E-state index in [0.717, 1.165) is 36.6 Å². The van der Waals surface area contributed by atoms with E-state index in [1.165, 1.54) is 5.56 Å². The van der Waals surface area contributed by atoms with Crippen LogP contribution in [0.25, 0.3) is 0 Å². The molecule has 0 amide bonds. The van der Waals surface area contributed by atoms with Crippen LogP contribution >= 0.6 is 11.6 Å². The molecule has 1 N–H and O–H groups in total. The maximum absolute atomic E-state index is 6.22. The predicted octanol–water partition coefficient (Wildman–Crippen LogP) is 4.09. The second kappa shape index (κ2) is 7.37. The summed E-state index contributed by atoms with van der Waals surface area (Å²) in [6, 6.07) is 12.4. The quantitative estimate of drug-likeness (QED) is 0.825. The zero-order chi connectivity index (χ0) is 13.5. The van der Waals surface area contributed by atoms with Gasteiger partial charge in [-0.05, 0) is 43.1 Å². The molecule has 1 unspecified atom stereocenters. The highest BCUT2D eigenvalue weighted by Crippen LogP contribution is 2.18. The van der Waals surface area contributed by atoms with Gasteiger partial charge >= 0.3 is 0 Å². The molecule has 2 rings (SSSR count).